The van der Waals surface area contributed by atoms with Crippen molar-refractivity contribution in [1.82, 2.24) is 0 Å². The molecule has 2 aromatic carbocycles. The number of benzene rings is 2. The number of aryl methyl sites for hydroxylation is 3. The summed E-state index contributed by atoms with van der Waals surface area (Å²) >= 11 is 0. The minimum absolute atomic E-state index is 0. The van der Waals surface area contributed by atoms with Gasteiger partial charge in [0.1, 0.15) is 11.5 Å². The van der Waals surface area contributed by atoms with Crippen LogP contribution >= 0.6 is 8.58 Å². The monoisotopic (exact) mass is 411 g/mol. The predicted octanol–water partition coefficient (Wildman–Crippen LogP) is 1.50. The van der Waals surface area contributed by atoms with E-state index in [4.69, 9.17) is 18.9 Å². The van der Waals surface area contributed by atoms with Gasteiger partial charge in [0.15, 0.2) is 18.1 Å². The van der Waals surface area contributed by atoms with Crippen LogP contribution in [0.4, 0.5) is 0 Å². The maximum atomic E-state index is 13.1. The Labute approximate surface area is 187 Å². The number of hydrogen-bond donors (Lipinski definition) is 0. The van der Waals surface area contributed by atoms with Crippen LogP contribution in [0.2, 0.25) is 0 Å². The van der Waals surface area contributed by atoms with Crippen molar-refractivity contribution in [1.29, 1.82) is 0 Å². The molecule has 0 aromatic heterocycles. The van der Waals surface area contributed by atoms with E-state index in [1.807, 2.05) is 45.0 Å². The normalized spacial score (nSPS) is 13.1. The molecule has 7 heteroatoms. The molecule has 0 saturated carbocycles. The van der Waals surface area contributed by atoms with Crippen LogP contribution in [-0.4, -0.2) is 32.3 Å². The smallest absolute Gasteiger partial charge is 0.465 e. The quantitative estimate of drug-likeness (QED) is 0.356. The maximum Gasteiger partial charge on any atom is 1.00 e. The second kappa shape index (κ2) is 11.7. The Morgan fingerprint density at radius 2 is 1.45 bits per heavy atom. The van der Waals surface area contributed by atoms with Gasteiger partial charge in [-0.15, -0.1) is 0 Å². The van der Waals surface area contributed by atoms with Crippen LogP contribution in [0.5, 0.6) is 11.5 Å². The van der Waals surface area contributed by atoms with Crippen LogP contribution in [0.3, 0.4) is 0 Å². The summed E-state index contributed by atoms with van der Waals surface area (Å²) in [5.74, 6) is 1.18. The third-order valence-corrected chi connectivity index (χ3v) is 5.52. The first-order valence-corrected chi connectivity index (χ1v) is 10.2. The van der Waals surface area contributed by atoms with Gasteiger partial charge in [0.05, 0.1) is 0 Å². The number of methoxy groups -OCH3 is 2. The Morgan fingerprint density at radius 1 is 0.897 bits per heavy atom. The van der Waals surface area contributed by atoms with Crippen molar-refractivity contribution in [3.63, 3.8) is 0 Å². The summed E-state index contributed by atoms with van der Waals surface area (Å²) in [5, 5.41) is 0.811. The van der Waals surface area contributed by atoms with E-state index in [2.05, 4.69) is 0 Å². The molecule has 2 aromatic rings. The maximum absolute atomic E-state index is 13.1. The molecule has 0 bridgehead atoms. The van der Waals surface area contributed by atoms with Gasteiger partial charge in [0.25, 0.3) is 0 Å². The van der Waals surface area contributed by atoms with Crippen molar-refractivity contribution >= 4 is 19.4 Å². The number of carbonyl (C=O) groups excluding carboxylic acids is 1. The van der Waals surface area contributed by atoms with Crippen LogP contribution in [0.1, 0.15) is 40.9 Å². The van der Waals surface area contributed by atoms with Crippen molar-refractivity contribution in [2.24, 2.45) is 0 Å². The molecule has 29 heavy (non-hydrogen) atoms. The van der Waals surface area contributed by atoms with E-state index < -0.39 is 6.29 Å². The van der Waals surface area contributed by atoms with Gasteiger partial charge in [-0.3, -0.25) is 4.79 Å². The summed E-state index contributed by atoms with van der Waals surface area (Å²) in [7, 11) is 3.08. The standard InChI is InChI=1S/C22H29O5P.Li/c1-13-10-14(2)21(15(3)11-13)22(23)28-20-9-8-18(26-16(4)24-6)12-19(20)27-17(5)25-7;/h8-12,16-17,28H,1-7H3;/q;+1. The van der Waals surface area contributed by atoms with E-state index in [1.54, 1.807) is 34.1 Å². The molecule has 0 saturated heterocycles. The minimum Gasteiger partial charge on any atom is -0.465 e. The number of carbonyl (C=O) groups is 1. The first-order valence-electron chi connectivity index (χ1n) is 9.17. The summed E-state index contributed by atoms with van der Waals surface area (Å²) in [6.07, 6.45) is -0.836. The fourth-order valence-electron chi connectivity index (χ4n) is 2.97. The Morgan fingerprint density at radius 3 is 2.00 bits per heavy atom. The largest absolute Gasteiger partial charge is 1.00 e. The average Bonchev–Trinajstić information content (AvgIpc) is 2.62. The van der Waals surface area contributed by atoms with Gasteiger partial charge in [0.2, 0.25) is 0 Å². The van der Waals surface area contributed by atoms with E-state index >= 15 is 0 Å². The molecule has 0 aliphatic heterocycles. The molecule has 0 aliphatic carbocycles. The molecule has 0 spiro atoms. The summed E-state index contributed by atoms with van der Waals surface area (Å²) in [6, 6.07) is 9.54. The predicted molar refractivity (Wildman–Crippen MR) is 114 cm³/mol. The number of ether oxygens (including phenoxy) is 4. The molecule has 2 rings (SSSR count). The van der Waals surface area contributed by atoms with Crippen LogP contribution in [0, 0.1) is 20.8 Å². The van der Waals surface area contributed by atoms with Gasteiger partial charge in [-0.1, -0.05) is 17.7 Å². The van der Waals surface area contributed by atoms with E-state index in [9.17, 15) is 4.79 Å². The van der Waals surface area contributed by atoms with Gasteiger partial charge >= 0.3 is 18.9 Å². The van der Waals surface area contributed by atoms with E-state index in [0.29, 0.717) is 11.5 Å². The van der Waals surface area contributed by atoms with Crippen molar-refractivity contribution in [2.75, 3.05) is 14.2 Å². The zero-order valence-corrected chi connectivity index (χ0v) is 19.6. The van der Waals surface area contributed by atoms with Crippen LogP contribution < -0.4 is 33.6 Å². The van der Waals surface area contributed by atoms with E-state index in [1.165, 1.54) is 0 Å². The van der Waals surface area contributed by atoms with Crippen molar-refractivity contribution in [3.8, 4) is 11.5 Å². The fourth-order valence-corrected chi connectivity index (χ4v) is 4.15. The molecule has 0 N–H and O–H groups in total. The van der Waals surface area contributed by atoms with Crippen molar-refractivity contribution < 1.29 is 42.6 Å². The Hall–Kier alpha value is -1.34. The Bertz CT molecular complexity index is 817. The topological polar surface area (TPSA) is 54.0 Å². The van der Waals surface area contributed by atoms with Gasteiger partial charge < -0.3 is 18.9 Å². The molecular formula is C22H29LiO5P+. The summed E-state index contributed by atoms with van der Waals surface area (Å²) in [5.41, 5.74) is 4.02. The second-order valence-electron chi connectivity index (χ2n) is 6.73. The van der Waals surface area contributed by atoms with Crippen LogP contribution in [0.25, 0.3) is 0 Å². The molecule has 5 nitrogen and oxygen atoms in total. The first kappa shape index (κ1) is 25.7. The molecule has 152 valence electrons. The van der Waals surface area contributed by atoms with Gasteiger partial charge in [-0.05, 0) is 66.5 Å². The van der Waals surface area contributed by atoms with E-state index in [0.717, 1.165) is 27.6 Å². The summed E-state index contributed by atoms with van der Waals surface area (Å²) in [4.78, 5) is 13.1. The number of rotatable bonds is 9. The molecule has 0 aliphatic rings. The van der Waals surface area contributed by atoms with E-state index in [-0.39, 0.29) is 39.3 Å². The van der Waals surface area contributed by atoms with Gasteiger partial charge in [-0.25, -0.2) is 0 Å². The summed E-state index contributed by atoms with van der Waals surface area (Å²) < 4.78 is 21.9. The minimum atomic E-state index is -0.448. The van der Waals surface area contributed by atoms with Crippen LogP contribution in [-0.2, 0) is 9.47 Å². The van der Waals surface area contributed by atoms with Crippen molar-refractivity contribution in [2.45, 2.75) is 47.2 Å². The molecule has 3 unspecified atom stereocenters. The third kappa shape index (κ3) is 7.14. The molecule has 0 radical (unpaired) electrons. The van der Waals surface area contributed by atoms with Gasteiger partial charge in [0, 0.05) is 31.2 Å². The molecule has 3 atom stereocenters. The SMILES string of the molecule is COC(C)Oc1ccc(PC(=O)c2c(C)cc(C)cc2C)c(OC(C)OC)c1.[Li+]. The molecular weight excluding hydrogens is 382 g/mol. The average molecular weight is 411 g/mol. The number of hydrogen-bond acceptors (Lipinski definition) is 5. The Balaban J connectivity index is 0.00000420. The zero-order valence-electron chi connectivity index (χ0n) is 18.6. The zero-order chi connectivity index (χ0) is 20.8. The fraction of sp³-hybridized carbons (Fsp3) is 0.409. The third-order valence-electron chi connectivity index (χ3n) is 4.36. The van der Waals surface area contributed by atoms with Crippen LogP contribution in [0.15, 0.2) is 30.3 Å². The first-order chi connectivity index (χ1) is 13.2. The Kier molecular flexibility index (Phi) is 10.4. The van der Waals surface area contributed by atoms with Gasteiger partial charge in [-0.2, -0.15) is 0 Å². The second-order valence-corrected chi connectivity index (χ2v) is 7.97. The molecule has 0 heterocycles. The van der Waals surface area contributed by atoms with Crippen molar-refractivity contribution in [3.05, 3.63) is 52.6 Å². The molecule has 0 amide bonds. The molecule has 0 fully saturated rings. The summed E-state index contributed by atoms with van der Waals surface area (Å²) in [6.45, 7) is 9.60.